The largest absolute Gasteiger partial charge is 0.342 e. The Balaban J connectivity index is 1.45. The van der Waals surface area contributed by atoms with Crippen molar-refractivity contribution in [3.05, 3.63) is 35.4 Å². The van der Waals surface area contributed by atoms with Gasteiger partial charge < -0.3 is 15.5 Å². The first-order valence-corrected chi connectivity index (χ1v) is 9.49. The Morgan fingerprint density at radius 1 is 1.12 bits per heavy atom. The van der Waals surface area contributed by atoms with Crippen LogP contribution >= 0.6 is 0 Å². The number of rotatable bonds is 5. The number of nitrogens with one attached hydrogen (secondary N) is 2. The molecule has 0 aromatic heterocycles. The molecule has 5 heteroatoms. The van der Waals surface area contributed by atoms with Crippen LogP contribution < -0.4 is 10.6 Å². The summed E-state index contributed by atoms with van der Waals surface area (Å²) in [6.07, 6.45) is 4.64. The van der Waals surface area contributed by atoms with E-state index in [0.29, 0.717) is 5.91 Å². The van der Waals surface area contributed by atoms with Crippen molar-refractivity contribution in [2.75, 3.05) is 13.1 Å². The quantitative estimate of drug-likeness (QED) is 0.863. The number of urea groups is 1. The van der Waals surface area contributed by atoms with Gasteiger partial charge in [0.25, 0.3) is 0 Å². The number of amides is 3. The molecule has 136 valence electrons. The first kappa shape index (κ1) is 17.8. The Bertz CT molecular complexity index is 602. The second kappa shape index (κ2) is 7.89. The third kappa shape index (κ3) is 4.74. The van der Waals surface area contributed by atoms with Crippen LogP contribution in [0.4, 0.5) is 4.79 Å². The molecule has 1 saturated heterocycles. The molecule has 5 nitrogen and oxygen atoms in total. The minimum absolute atomic E-state index is 0.0251. The zero-order chi connectivity index (χ0) is 17.8. The third-order valence-corrected chi connectivity index (χ3v) is 5.26. The van der Waals surface area contributed by atoms with Gasteiger partial charge in [0.15, 0.2) is 0 Å². The SMILES string of the molecule is CCC(NC(=O)NC1CCN(C(=O)C2CC2)CC1)c1ccc(C)cc1. The fourth-order valence-corrected chi connectivity index (χ4v) is 3.44. The first-order valence-electron chi connectivity index (χ1n) is 9.49. The van der Waals surface area contributed by atoms with E-state index in [0.717, 1.165) is 50.8 Å². The molecule has 1 unspecified atom stereocenters. The summed E-state index contributed by atoms with van der Waals surface area (Å²) in [6, 6.07) is 8.36. The average molecular weight is 343 g/mol. The number of benzene rings is 1. The number of aryl methyl sites for hydroxylation is 1. The van der Waals surface area contributed by atoms with Crippen LogP contribution in [0, 0.1) is 12.8 Å². The zero-order valence-electron chi connectivity index (χ0n) is 15.3. The monoisotopic (exact) mass is 343 g/mol. The van der Waals surface area contributed by atoms with Crippen LogP contribution in [0.1, 0.15) is 56.2 Å². The fourth-order valence-electron chi connectivity index (χ4n) is 3.44. The highest BCUT2D eigenvalue weighted by atomic mass is 16.2. The molecule has 1 aromatic rings. The van der Waals surface area contributed by atoms with Crippen molar-refractivity contribution in [1.29, 1.82) is 0 Å². The van der Waals surface area contributed by atoms with Gasteiger partial charge in [-0.1, -0.05) is 36.8 Å². The van der Waals surface area contributed by atoms with Crippen LogP contribution in [0.5, 0.6) is 0 Å². The van der Waals surface area contributed by atoms with Crippen molar-refractivity contribution < 1.29 is 9.59 Å². The average Bonchev–Trinajstić information content (AvgIpc) is 3.46. The highest BCUT2D eigenvalue weighted by Gasteiger charge is 2.35. The molecule has 3 rings (SSSR count). The Morgan fingerprint density at radius 3 is 2.32 bits per heavy atom. The number of carbonyl (C=O) groups is 2. The van der Waals surface area contributed by atoms with E-state index < -0.39 is 0 Å². The van der Waals surface area contributed by atoms with Crippen molar-refractivity contribution in [2.45, 2.75) is 58.0 Å². The smallest absolute Gasteiger partial charge is 0.315 e. The molecular formula is C20H29N3O2. The summed E-state index contributed by atoms with van der Waals surface area (Å²) in [5, 5.41) is 6.16. The first-order chi connectivity index (χ1) is 12.1. The molecule has 1 aromatic carbocycles. The van der Waals surface area contributed by atoms with Crippen molar-refractivity contribution in [1.82, 2.24) is 15.5 Å². The summed E-state index contributed by atoms with van der Waals surface area (Å²) in [5.41, 5.74) is 2.35. The maximum Gasteiger partial charge on any atom is 0.315 e. The summed E-state index contributed by atoms with van der Waals surface area (Å²) in [4.78, 5) is 26.4. The number of hydrogen-bond donors (Lipinski definition) is 2. The lowest BCUT2D eigenvalue weighted by molar-refractivity contribution is -0.133. The van der Waals surface area contributed by atoms with Gasteiger partial charge >= 0.3 is 6.03 Å². The third-order valence-electron chi connectivity index (χ3n) is 5.26. The van der Waals surface area contributed by atoms with E-state index in [1.165, 1.54) is 5.56 Å². The maximum absolute atomic E-state index is 12.4. The molecule has 1 heterocycles. The lowest BCUT2D eigenvalue weighted by Gasteiger charge is -2.33. The Labute approximate surface area is 150 Å². The van der Waals surface area contributed by atoms with Crippen LogP contribution in [0.2, 0.25) is 0 Å². The molecule has 0 bridgehead atoms. The van der Waals surface area contributed by atoms with Gasteiger partial charge in [-0.3, -0.25) is 4.79 Å². The molecule has 1 atom stereocenters. The molecule has 1 aliphatic heterocycles. The van der Waals surface area contributed by atoms with E-state index in [1.807, 2.05) is 4.90 Å². The van der Waals surface area contributed by atoms with Crippen molar-refractivity contribution in [2.24, 2.45) is 5.92 Å². The van der Waals surface area contributed by atoms with Gasteiger partial charge in [-0.25, -0.2) is 4.79 Å². The highest BCUT2D eigenvalue weighted by Crippen LogP contribution is 2.31. The highest BCUT2D eigenvalue weighted by molar-refractivity contribution is 5.81. The molecule has 1 saturated carbocycles. The van der Waals surface area contributed by atoms with Gasteiger partial charge in [-0.15, -0.1) is 0 Å². The number of likely N-dealkylation sites (tertiary alicyclic amines) is 1. The van der Waals surface area contributed by atoms with Crippen molar-refractivity contribution in [3.63, 3.8) is 0 Å². The van der Waals surface area contributed by atoms with Crippen molar-refractivity contribution >= 4 is 11.9 Å². The zero-order valence-corrected chi connectivity index (χ0v) is 15.3. The van der Waals surface area contributed by atoms with Gasteiger partial charge in [0.05, 0.1) is 6.04 Å². The molecule has 3 amide bonds. The lowest BCUT2D eigenvalue weighted by Crippen LogP contribution is -2.49. The van der Waals surface area contributed by atoms with E-state index in [4.69, 9.17) is 0 Å². The molecule has 2 aliphatic rings. The molecule has 2 N–H and O–H groups in total. The maximum atomic E-state index is 12.4. The van der Waals surface area contributed by atoms with E-state index in [2.05, 4.69) is 48.7 Å². The Kier molecular flexibility index (Phi) is 5.61. The molecular weight excluding hydrogens is 314 g/mol. The van der Waals surface area contributed by atoms with Gasteiger partial charge in [-0.05, 0) is 44.6 Å². The molecule has 1 aliphatic carbocycles. The second-order valence-corrected chi connectivity index (χ2v) is 7.36. The van der Waals surface area contributed by atoms with Crippen LogP contribution in [0.3, 0.4) is 0 Å². The number of hydrogen-bond acceptors (Lipinski definition) is 2. The lowest BCUT2D eigenvalue weighted by atomic mass is 10.0. The van der Waals surface area contributed by atoms with Gasteiger partial charge in [0, 0.05) is 25.0 Å². The standard InChI is InChI=1S/C20H29N3O2/c1-3-18(15-6-4-14(2)5-7-15)22-20(25)21-17-10-12-23(13-11-17)19(24)16-8-9-16/h4-7,16-18H,3,8-13H2,1-2H3,(H2,21,22,25). The molecule has 25 heavy (non-hydrogen) atoms. The van der Waals surface area contributed by atoms with E-state index in [-0.39, 0.29) is 24.0 Å². The van der Waals surface area contributed by atoms with E-state index in [1.54, 1.807) is 0 Å². The number of carbonyl (C=O) groups excluding carboxylic acids is 2. The molecule has 2 fully saturated rings. The van der Waals surface area contributed by atoms with Crippen LogP contribution in [-0.2, 0) is 4.79 Å². The minimum atomic E-state index is -0.112. The molecule has 0 radical (unpaired) electrons. The summed E-state index contributed by atoms with van der Waals surface area (Å²) in [7, 11) is 0. The summed E-state index contributed by atoms with van der Waals surface area (Å²) < 4.78 is 0. The van der Waals surface area contributed by atoms with Gasteiger partial charge in [-0.2, -0.15) is 0 Å². The number of nitrogens with zero attached hydrogens (tertiary/aromatic N) is 1. The predicted molar refractivity (Wildman–Crippen MR) is 98.2 cm³/mol. The minimum Gasteiger partial charge on any atom is -0.342 e. The fraction of sp³-hybridized carbons (Fsp3) is 0.600. The Hall–Kier alpha value is -2.04. The topological polar surface area (TPSA) is 61.4 Å². The summed E-state index contributed by atoms with van der Waals surface area (Å²) >= 11 is 0. The Morgan fingerprint density at radius 2 is 1.76 bits per heavy atom. The number of piperidine rings is 1. The van der Waals surface area contributed by atoms with Crippen LogP contribution in [0.25, 0.3) is 0 Å². The molecule has 0 spiro atoms. The summed E-state index contributed by atoms with van der Waals surface area (Å²) in [6.45, 7) is 5.66. The van der Waals surface area contributed by atoms with Crippen LogP contribution in [-0.4, -0.2) is 36.0 Å². The van der Waals surface area contributed by atoms with Gasteiger partial charge in [0.2, 0.25) is 5.91 Å². The van der Waals surface area contributed by atoms with Crippen LogP contribution in [0.15, 0.2) is 24.3 Å². The van der Waals surface area contributed by atoms with E-state index >= 15 is 0 Å². The van der Waals surface area contributed by atoms with E-state index in [9.17, 15) is 9.59 Å². The second-order valence-electron chi connectivity index (χ2n) is 7.36. The summed E-state index contributed by atoms with van der Waals surface area (Å²) in [5.74, 6) is 0.598. The predicted octanol–water partition coefficient (Wildman–Crippen LogP) is 3.15. The normalized spacial score (nSPS) is 19.4. The van der Waals surface area contributed by atoms with Crippen molar-refractivity contribution in [3.8, 4) is 0 Å². The van der Waals surface area contributed by atoms with Gasteiger partial charge in [0.1, 0.15) is 0 Å².